The van der Waals surface area contributed by atoms with E-state index >= 15 is 0 Å². The number of anilines is 3. The van der Waals surface area contributed by atoms with Gasteiger partial charge in [0.1, 0.15) is 0 Å². The number of aromatic nitrogens is 1. The molecule has 2 nitrogen and oxygen atoms in total. The van der Waals surface area contributed by atoms with E-state index in [0.29, 0.717) is 0 Å². The quantitative estimate of drug-likeness (QED) is 0.163. The average Bonchev–Trinajstić information content (AvgIpc) is 3.97. The molecule has 0 saturated heterocycles. The van der Waals surface area contributed by atoms with E-state index in [-0.39, 0.29) is 0 Å². The maximum absolute atomic E-state index is 2.51. The van der Waals surface area contributed by atoms with Crippen LogP contribution < -0.4 is 4.90 Å². The molecule has 0 aliphatic heterocycles. The van der Waals surface area contributed by atoms with Crippen LogP contribution >= 0.6 is 0 Å². The maximum Gasteiger partial charge on any atom is 0.0727 e. The molecule has 10 aromatic carbocycles. The smallest absolute Gasteiger partial charge is 0.0727 e. The highest BCUT2D eigenvalue weighted by Crippen LogP contribution is 2.64. The number of hydrogen-bond donors (Lipinski definition) is 0. The fourth-order valence-corrected chi connectivity index (χ4v) is 11.0. The third-order valence-corrected chi connectivity index (χ3v) is 13.6. The minimum absolute atomic E-state index is 0.562. The van der Waals surface area contributed by atoms with Crippen LogP contribution in [0.2, 0.25) is 0 Å². The molecule has 2 aliphatic carbocycles. The first kappa shape index (κ1) is 35.5. The van der Waals surface area contributed by atoms with Crippen LogP contribution in [0.15, 0.2) is 243 Å². The average molecular weight is 801 g/mol. The Labute approximate surface area is 367 Å². The Morgan fingerprint density at radius 3 is 1.59 bits per heavy atom. The highest BCUT2D eigenvalue weighted by molar-refractivity contribution is 6.06. The molecular formula is C61H40N2. The van der Waals surface area contributed by atoms with Crippen molar-refractivity contribution in [1.29, 1.82) is 0 Å². The van der Waals surface area contributed by atoms with Gasteiger partial charge in [0, 0.05) is 33.7 Å². The molecule has 0 amide bonds. The molecule has 2 aliphatic rings. The number of fused-ring (bicyclic) bond motifs is 12. The predicted octanol–water partition coefficient (Wildman–Crippen LogP) is 15.9. The van der Waals surface area contributed by atoms with Gasteiger partial charge in [-0.15, -0.1) is 0 Å². The molecule has 13 rings (SSSR count). The Hall–Kier alpha value is -8.20. The summed E-state index contributed by atoms with van der Waals surface area (Å²) in [6.45, 7) is 0. The summed E-state index contributed by atoms with van der Waals surface area (Å²) in [7, 11) is 0. The van der Waals surface area contributed by atoms with Crippen molar-refractivity contribution in [3.63, 3.8) is 0 Å². The van der Waals surface area contributed by atoms with Crippen LogP contribution in [-0.2, 0) is 5.41 Å². The van der Waals surface area contributed by atoms with E-state index in [0.717, 1.165) is 22.7 Å². The summed E-state index contributed by atoms with van der Waals surface area (Å²) in [5.74, 6) is 0. The van der Waals surface area contributed by atoms with Gasteiger partial charge < -0.3 is 9.47 Å². The second-order valence-electron chi connectivity index (χ2n) is 16.8. The van der Waals surface area contributed by atoms with Gasteiger partial charge in [-0.25, -0.2) is 0 Å². The zero-order valence-electron chi connectivity index (χ0n) is 34.5. The minimum Gasteiger partial charge on any atom is -0.310 e. The van der Waals surface area contributed by atoms with Gasteiger partial charge in [-0.1, -0.05) is 188 Å². The summed E-state index contributed by atoms with van der Waals surface area (Å²) in [5, 5.41) is 3.68. The van der Waals surface area contributed by atoms with Gasteiger partial charge in [-0.2, -0.15) is 0 Å². The van der Waals surface area contributed by atoms with E-state index in [1.807, 2.05) is 0 Å². The Bertz CT molecular complexity index is 3520. The second kappa shape index (κ2) is 13.9. The summed E-state index contributed by atoms with van der Waals surface area (Å²) in [6.07, 6.45) is 0. The molecule has 0 saturated carbocycles. The summed E-state index contributed by atoms with van der Waals surface area (Å²) in [5.41, 5.74) is 20.3. The fourth-order valence-electron chi connectivity index (χ4n) is 11.0. The van der Waals surface area contributed by atoms with E-state index in [1.165, 1.54) is 88.6 Å². The van der Waals surface area contributed by atoms with Crippen LogP contribution in [0.3, 0.4) is 0 Å². The third-order valence-electron chi connectivity index (χ3n) is 13.6. The minimum atomic E-state index is -0.562. The number of rotatable bonds is 6. The molecule has 11 aromatic rings. The van der Waals surface area contributed by atoms with Crippen LogP contribution in [0.4, 0.5) is 17.1 Å². The van der Waals surface area contributed by atoms with Gasteiger partial charge in [-0.05, 0) is 121 Å². The van der Waals surface area contributed by atoms with E-state index < -0.39 is 5.41 Å². The van der Waals surface area contributed by atoms with E-state index in [1.54, 1.807) is 0 Å². The zero-order chi connectivity index (χ0) is 41.5. The normalized spacial score (nSPS) is 12.9. The molecule has 0 unspecified atom stereocenters. The highest BCUT2D eigenvalue weighted by Gasteiger charge is 2.52. The zero-order valence-corrected chi connectivity index (χ0v) is 34.5. The summed E-state index contributed by atoms with van der Waals surface area (Å²) < 4.78 is 2.51. The van der Waals surface area contributed by atoms with Crippen molar-refractivity contribution >= 4 is 38.7 Å². The molecule has 0 N–H and O–H groups in total. The van der Waals surface area contributed by atoms with Crippen LogP contribution in [0, 0.1) is 0 Å². The van der Waals surface area contributed by atoms with Gasteiger partial charge >= 0.3 is 0 Å². The lowest BCUT2D eigenvalue weighted by Gasteiger charge is -2.32. The lowest BCUT2D eigenvalue weighted by molar-refractivity contribution is 0.792. The van der Waals surface area contributed by atoms with E-state index in [9.17, 15) is 0 Å². The molecule has 2 heteroatoms. The van der Waals surface area contributed by atoms with E-state index in [4.69, 9.17) is 0 Å². The largest absolute Gasteiger partial charge is 0.310 e. The molecule has 1 spiro atoms. The lowest BCUT2D eigenvalue weighted by atomic mass is 9.70. The number of nitrogens with zero attached hydrogens (tertiary/aromatic N) is 2. The fraction of sp³-hybridized carbons (Fsp3) is 0.0164. The maximum atomic E-state index is 2.51. The molecule has 1 aromatic heterocycles. The van der Waals surface area contributed by atoms with Gasteiger partial charge in [0.2, 0.25) is 0 Å². The SMILES string of the molecule is c1ccc(-c2c(-c3ccccc3)n(-c3ccc4c(c3)C3(c5ccccc5-c5ccccc53)c3cc(N(c5ccccc5)c5ccc6ccccc6c5)ccc3-4)c3ccccc23)cc1. The van der Waals surface area contributed by atoms with Crippen LogP contribution in [-0.4, -0.2) is 4.57 Å². The summed E-state index contributed by atoms with van der Waals surface area (Å²) in [6, 6.07) is 89.6. The Kier molecular flexibility index (Phi) is 7.85. The summed E-state index contributed by atoms with van der Waals surface area (Å²) >= 11 is 0. The van der Waals surface area contributed by atoms with Gasteiger partial charge in [-0.3, -0.25) is 0 Å². The number of hydrogen-bond acceptors (Lipinski definition) is 1. The standard InChI is InChI=1S/C61H40N2/c1-4-19-42(20-5-1)59-53-28-14-17-31-58(53)63(60(59)43-21-6-2-7-22-43)48-35-37-52-51-36-34-47(62(45-24-8-3-9-25-45)46-33-32-41-18-10-11-23-44(41)38-46)39-56(51)61(57(52)40-48)54-29-15-12-26-49(54)50-27-13-16-30-55(50)61/h1-40H. The first-order chi connectivity index (χ1) is 31.3. The van der Waals surface area contributed by atoms with Gasteiger partial charge in [0.25, 0.3) is 0 Å². The topological polar surface area (TPSA) is 8.17 Å². The predicted molar refractivity (Wildman–Crippen MR) is 263 cm³/mol. The molecule has 1 heterocycles. The lowest BCUT2D eigenvalue weighted by Crippen LogP contribution is -2.26. The van der Waals surface area contributed by atoms with Crippen molar-refractivity contribution in [3.05, 3.63) is 265 Å². The van der Waals surface area contributed by atoms with Crippen molar-refractivity contribution in [2.24, 2.45) is 0 Å². The molecular weight excluding hydrogens is 761 g/mol. The van der Waals surface area contributed by atoms with Gasteiger partial charge in [0.15, 0.2) is 0 Å². The van der Waals surface area contributed by atoms with Crippen LogP contribution in [0.25, 0.3) is 72.0 Å². The van der Waals surface area contributed by atoms with Crippen LogP contribution in [0.5, 0.6) is 0 Å². The number of benzene rings is 10. The molecule has 0 bridgehead atoms. The van der Waals surface area contributed by atoms with Crippen molar-refractivity contribution in [2.45, 2.75) is 5.41 Å². The molecule has 0 fully saturated rings. The Morgan fingerprint density at radius 2 is 0.857 bits per heavy atom. The van der Waals surface area contributed by atoms with Crippen LogP contribution in [0.1, 0.15) is 22.3 Å². The highest BCUT2D eigenvalue weighted by atomic mass is 15.1. The molecule has 0 radical (unpaired) electrons. The number of para-hydroxylation sites is 2. The van der Waals surface area contributed by atoms with Crippen molar-refractivity contribution in [2.75, 3.05) is 4.90 Å². The molecule has 294 valence electrons. The summed E-state index contributed by atoms with van der Waals surface area (Å²) in [4.78, 5) is 2.42. The first-order valence-corrected chi connectivity index (χ1v) is 21.8. The Morgan fingerprint density at radius 1 is 0.333 bits per heavy atom. The molecule has 63 heavy (non-hydrogen) atoms. The van der Waals surface area contributed by atoms with Gasteiger partial charge in [0.05, 0.1) is 16.6 Å². The van der Waals surface area contributed by atoms with Crippen molar-refractivity contribution in [3.8, 4) is 50.3 Å². The third kappa shape index (κ3) is 5.19. The van der Waals surface area contributed by atoms with Crippen molar-refractivity contribution in [1.82, 2.24) is 4.57 Å². The second-order valence-corrected chi connectivity index (χ2v) is 16.8. The van der Waals surface area contributed by atoms with Crippen molar-refractivity contribution < 1.29 is 0 Å². The monoisotopic (exact) mass is 800 g/mol. The Balaban J connectivity index is 1.10. The molecule has 0 atom stereocenters. The van der Waals surface area contributed by atoms with E-state index in [2.05, 4.69) is 252 Å². The first-order valence-electron chi connectivity index (χ1n) is 21.8.